The van der Waals surface area contributed by atoms with Gasteiger partial charge in [0.1, 0.15) is 5.75 Å². The summed E-state index contributed by atoms with van der Waals surface area (Å²) in [4.78, 5) is 16.9. The molecule has 1 aromatic rings. The highest BCUT2D eigenvalue weighted by atomic mass is 16.5. The van der Waals surface area contributed by atoms with E-state index in [2.05, 4.69) is 11.8 Å². The summed E-state index contributed by atoms with van der Waals surface area (Å²) >= 11 is 0. The molecule has 1 aromatic carbocycles. The van der Waals surface area contributed by atoms with E-state index in [-0.39, 0.29) is 12.5 Å². The molecule has 0 N–H and O–H groups in total. The van der Waals surface area contributed by atoms with Crippen LogP contribution in [0.15, 0.2) is 24.3 Å². The topological polar surface area (TPSA) is 32.8 Å². The van der Waals surface area contributed by atoms with Crippen LogP contribution in [-0.2, 0) is 4.79 Å². The van der Waals surface area contributed by atoms with Crippen LogP contribution in [0.5, 0.6) is 5.75 Å². The monoisotopic (exact) mass is 330 g/mol. The molecule has 2 fully saturated rings. The largest absolute Gasteiger partial charge is 0.484 e. The van der Waals surface area contributed by atoms with E-state index >= 15 is 0 Å². The first-order valence-corrected chi connectivity index (χ1v) is 9.33. The summed E-state index contributed by atoms with van der Waals surface area (Å²) in [5, 5.41) is 0. The van der Waals surface area contributed by atoms with E-state index in [0.717, 1.165) is 49.5 Å². The van der Waals surface area contributed by atoms with Gasteiger partial charge in [-0.05, 0) is 43.4 Å². The molecule has 24 heavy (non-hydrogen) atoms. The number of hydrogen-bond donors (Lipinski definition) is 0. The number of hydrogen-bond acceptors (Lipinski definition) is 3. The van der Waals surface area contributed by atoms with Crippen molar-refractivity contribution in [3.63, 3.8) is 0 Å². The maximum Gasteiger partial charge on any atom is 0.260 e. The zero-order chi connectivity index (χ0) is 16.9. The third-order valence-electron chi connectivity index (χ3n) is 5.44. The van der Waals surface area contributed by atoms with E-state index in [9.17, 15) is 4.79 Å². The van der Waals surface area contributed by atoms with Crippen molar-refractivity contribution >= 4 is 5.91 Å². The summed E-state index contributed by atoms with van der Waals surface area (Å²) < 4.78 is 5.65. The molecule has 2 atom stereocenters. The Hall–Kier alpha value is -1.55. The van der Waals surface area contributed by atoms with Crippen molar-refractivity contribution in [2.24, 2.45) is 5.92 Å². The van der Waals surface area contributed by atoms with Crippen LogP contribution in [0.2, 0.25) is 0 Å². The molecule has 0 radical (unpaired) electrons. The number of rotatable bonds is 4. The van der Waals surface area contributed by atoms with Gasteiger partial charge in [0.25, 0.3) is 5.91 Å². The van der Waals surface area contributed by atoms with E-state index in [1.807, 2.05) is 36.1 Å². The lowest BCUT2D eigenvalue weighted by Crippen LogP contribution is -2.53. The van der Waals surface area contributed by atoms with E-state index in [0.29, 0.717) is 0 Å². The predicted molar refractivity (Wildman–Crippen MR) is 96.2 cm³/mol. The fourth-order valence-electron chi connectivity index (χ4n) is 4.01. The number of amides is 1. The Morgan fingerprint density at radius 1 is 1.21 bits per heavy atom. The van der Waals surface area contributed by atoms with Crippen LogP contribution in [0.3, 0.4) is 0 Å². The summed E-state index contributed by atoms with van der Waals surface area (Å²) in [7, 11) is 0. The fraction of sp³-hybridized carbons (Fsp3) is 0.650. The summed E-state index contributed by atoms with van der Waals surface area (Å²) in [6.07, 6.45) is 5.39. The van der Waals surface area contributed by atoms with Crippen molar-refractivity contribution in [1.82, 2.24) is 9.80 Å². The maximum atomic E-state index is 12.4. The molecule has 1 saturated carbocycles. The highest BCUT2D eigenvalue weighted by molar-refractivity contribution is 5.77. The number of ether oxygens (including phenoxy) is 1. The van der Waals surface area contributed by atoms with Crippen LogP contribution in [0.4, 0.5) is 0 Å². The third kappa shape index (κ3) is 4.50. The van der Waals surface area contributed by atoms with Crippen molar-refractivity contribution in [2.75, 3.05) is 32.8 Å². The highest BCUT2D eigenvalue weighted by Gasteiger charge is 2.28. The maximum absolute atomic E-state index is 12.4. The van der Waals surface area contributed by atoms with Crippen molar-refractivity contribution in [1.29, 1.82) is 0 Å². The minimum Gasteiger partial charge on any atom is -0.484 e. The summed E-state index contributed by atoms with van der Waals surface area (Å²) in [6, 6.07) is 8.59. The van der Waals surface area contributed by atoms with Crippen LogP contribution < -0.4 is 4.74 Å². The van der Waals surface area contributed by atoms with Crippen LogP contribution in [0.25, 0.3) is 0 Å². The lowest BCUT2D eigenvalue weighted by Gasteiger charge is -2.42. The first kappa shape index (κ1) is 17.3. The number of carbonyl (C=O) groups excluding carboxylic acids is 1. The van der Waals surface area contributed by atoms with E-state index in [1.54, 1.807) is 0 Å². The molecule has 0 spiro atoms. The number of aryl methyl sites for hydroxylation is 1. The average Bonchev–Trinajstić information content (AvgIpc) is 2.60. The Morgan fingerprint density at radius 2 is 2.00 bits per heavy atom. The molecule has 1 heterocycles. The Bertz CT molecular complexity index is 552. The van der Waals surface area contributed by atoms with E-state index in [4.69, 9.17) is 4.74 Å². The lowest BCUT2D eigenvalue weighted by atomic mass is 9.86. The summed E-state index contributed by atoms with van der Waals surface area (Å²) in [5.41, 5.74) is 1.15. The van der Waals surface area contributed by atoms with Gasteiger partial charge in [-0.3, -0.25) is 9.69 Å². The zero-order valence-corrected chi connectivity index (χ0v) is 15.0. The molecule has 1 saturated heterocycles. The average molecular weight is 330 g/mol. The number of benzene rings is 1. The molecule has 1 aliphatic heterocycles. The minimum absolute atomic E-state index is 0.105. The highest BCUT2D eigenvalue weighted by Crippen LogP contribution is 2.27. The van der Waals surface area contributed by atoms with Gasteiger partial charge in [0.2, 0.25) is 0 Å². The van der Waals surface area contributed by atoms with Crippen molar-refractivity contribution in [3.8, 4) is 5.75 Å². The van der Waals surface area contributed by atoms with Crippen LogP contribution >= 0.6 is 0 Å². The van der Waals surface area contributed by atoms with Crippen molar-refractivity contribution in [3.05, 3.63) is 29.8 Å². The summed E-state index contributed by atoms with van der Waals surface area (Å²) in [6.45, 7) is 8.22. The van der Waals surface area contributed by atoms with Gasteiger partial charge < -0.3 is 9.64 Å². The molecule has 0 bridgehead atoms. The van der Waals surface area contributed by atoms with Gasteiger partial charge >= 0.3 is 0 Å². The molecule has 3 rings (SSSR count). The molecule has 1 aliphatic carbocycles. The van der Waals surface area contributed by atoms with Gasteiger partial charge in [-0.2, -0.15) is 0 Å². The first-order chi connectivity index (χ1) is 11.6. The fourth-order valence-corrected chi connectivity index (χ4v) is 4.01. The van der Waals surface area contributed by atoms with Crippen molar-refractivity contribution < 1.29 is 9.53 Å². The van der Waals surface area contributed by atoms with Crippen LogP contribution in [-0.4, -0.2) is 54.5 Å². The molecule has 0 unspecified atom stereocenters. The minimum atomic E-state index is 0.105. The number of nitrogens with zero attached hydrogens (tertiary/aromatic N) is 2. The summed E-state index contributed by atoms with van der Waals surface area (Å²) in [5.74, 6) is 1.73. The normalized spacial score (nSPS) is 25.5. The number of piperazine rings is 1. The molecular weight excluding hydrogens is 300 g/mol. The molecule has 0 aromatic heterocycles. The third-order valence-corrected chi connectivity index (χ3v) is 5.44. The van der Waals surface area contributed by atoms with Crippen LogP contribution in [0.1, 0.15) is 38.2 Å². The molecular formula is C20H30N2O2. The van der Waals surface area contributed by atoms with E-state index in [1.165, 1.54) is 25.7 Å². The van der Waals surface area contributed by atoms with Gasteiger partial charge in [0.05, 0.1) is 0 Å². The predicted octanol–water partition coefficient (Wildman–Crippen LogP) is 3.10. The first-order valence-electron chi connectivity index (χ1n) is 9.33. The standard InChI is InChI=1S/C20H30N2O2/c1-16-5-3-7-18(13-16)21-9-11-22(12-10-21)20(23)15-24-19-8-4-6-17(2)14-19/h4,6,8,14,16,18H,3,5,7,9-13,15H2,1-2H3/t16-,18-/m0/s1. The second kappa shape index (κ2) is 8.02. The van der Waals surface area contributed by atoms with E-state index < -0.39 is 0 Å². The molecule has 1 amide bonds. The second-order valence-electron chi connectivity index (χ2n) is 7.45. The Balaban J connectivity index is 1.43. The SMILES string of the molecule is Cc1cccc(OCC(=O)N2CCN([C@H]3CCC[C@H](C)C3)CC2)c1. The van der Waals surface area contributed by atoms with Gasteiger partial charge in [-0.15, -0.1) is 0 Å². The van der Waals surface area contributed by atoms with Gasteiger partial charge in [0, 0.05) is 32.2 Å². The quantitative estimate of drug-likeness (QED) is 0.850. The molecule has 4 heteroatoms. The zero-order valence-electron chi connectivity index (χ0n) is 15.0. The van der Waals surface area contributed by atoms with Gasteiger partial charge in [-0.25, -0.2) is 0 Å². The van der Waals surface area contributed by atoms with Gasteiger partial charge in [-0.1, -0.05) is 31.9 Å². The smallest absolute Gasteiger partial charge is 0.260 e. The second-order valence-corrected chi connectivity index (χ2v) is 7.45. The number of carbonyl (C=O) groups is 1. The van der Waals surface area contributed by atoms with Gasteiger partial charge in [0.15, 0.2) is 6.61 Å². The Kier molecular flexibility index (Phi) is 5.77. The Labute approximate surface area is 145 Å². The molecule has 132 valence electrons. The molecule has 4 nitrogen and oxygen atoms in total. The van der Waals surface area contributed by atoms with Crippen LogP contribution in [0, 0.1) is 12.8 Å². The van der Waals surface area contributed by atoms with Crippen molar-refractivity contribution in [2.45, 2.75) is 45.6 Å². The lowest BCUT2D eigenvalue weighted by molar-refractivity contribution is -0.135. The Morgan fingerprint density at radius 3 is 2.71 bits per heavy atom. The molecule has 2 aliphatic rings.